The Morgan fingerprint density at radius 2 is 2.25 bits per heavy atom. The van der Waals surface area contributed by atoms with E-state index in [1.54, 1.807) is 6.42 Å². The van der Waals surface area contributed by atoms with E-state index in [-0.39, 0.29) is 0 Å². The van der Waals surface area contributed by atoms with Gasteiger partial charge < -0.3 is 4.79 Å². The van der Waals surface area contributed by atoms with Crippen LogP contribution in [0.3, 0.4) is 0 Å². The highest BCUT2D eigenvalue weighted by atomic mass is 127. The summed E-state index contributed by atoms with van der Waals surface area (Å²) < 4.78 is 1.03. The number of carbonyl (C=O) groups is 1. The standard InChI is InChI=1S/C6H4IO/c7-6-3-1-2-5(6)4-8/h1-4H. The molecule has 0 heterocycles. The lowest BCUT2D eigenvalue weighted by Gasteiger charge is -1.99. The summed E-state index contributed by atoms with van der Waals surface area (Å²) in [4.78, 5) is 10.1. The van der Waals surface area contributed by atoms with Crippen molar-refractivity contribution in [1.29, 1.82) is 0 Å². The minimum atomic E-state index is 0.783. The highest BCUT2D eigenvalue weighted by Crippen LogP contribution is 2.36. The molecule has 1 rings (SSSR count). The molecule has 0 N–H and O–H groups in total. The predicted octanol–water partition coefficient (Wildman–Crippen LogP) is 1.35. The Morgan fingerprint density at radius 3 is 2.50 bits per heavy atom. The van der Waals surface area contributed by atoms with Crippen LogP contribution in [-0.4, -0.2) is 6.29 Å². The van der Waals surface area contributed by atoms with E-state index >= 15 is 0 Å². The molecule has 0 aliphatic heterocycles. The van der Waals surface area contributed by atoms with Crippen LogP contribution < -0.4 is 0 Å². The number of halogens is 1. The number of rotatable bonds is 1. The van der Waals surface area contributed by atoms with Gasteiger partial charge in [-0.25, -0.2) is 0 Å². The second-order valence-electron chi connectivity index (χ2n) is 1.45. The normalized spacial score (nSPS) is 24.1. The van der Waals surface area contributed by atoms with Crippen molar-refractivity contribution >= 4 is 28.9 Å². The summed E-state index contributed by atoms with van der Waals surface area (Å²) in [7, 11) is 0. The quantitative estimate of drug-likeness (QED) is 0.480. The zero-order valence-electron chi connectivity index (χ0n) is 4.10. The summed E-state index contributed by atoms with van der Waals surface area (Å²) in [5.41, 5.74) is 0. The first kappa shape index (κ1) is 6.52. The summed E-state index contributed by atoms with van der Waals surface area (Å²) >= 11 is 2.12. The number of hydrogen-bond acceptors (Lipinski definition) is 1. The maximum atomic E-state index is 10.1. The first-order valence-electron chi connectivity index (χ1n) is 2.21. The maximum absolute atomic E-state index is 10.1. The van der Waals surface area contributed by atoms with E-state index in [9.17, 15) is 4.79 Å². The van der Waals surface area contributed by atoms with Gasteiger partial charge in [0.15, 0.2) is 0 Å². The summed E-state index contributed by atoms with van der Waals surface area (Å²) in [5, 5.41) is 0. The van der Waals surface area contributed by atoms with Gasteiger partial charge in [0.05, 0.1) is 9.84 Å². The van der Waals surface area contributed by atoms with E-state index in [0.29, 0.717) is 0 Å². The SMILES string of the molecule is O=C[C]1[CH][CH][CH][C]1I. The number of aldehydes is 1. The van der Waals surface area contributed by atoms with Crippen molar-refractivity contribution in [2.45, 2.75) is 0 Å². The fourth-order valence-electron chi connectivity index (χ4n) is 0.508. The van der Waals surface area contributed by atoms with E-state index in [2.05, 4.69) is 22.6 Å². The summed E-state index contributed by atoms with van der Waals surface area (Å²) in [6, 6.07) is 0. The molecule has 1 aliphatic rings. The zero-order valence-corrected chi connectivity index (χ0v) is 6.25. The minimum Gasteiger partial charge on any atom is -0.303 e. The minimum absolute atomic E-state index is 0.783. The van der Waals surface area contributed by atoms with Crippen molar-refractivity contribution in [2.24, 2.45) is 0 Å². The van der Waals surface area contributed by atoms with Crippen LogP contribution in [0.2, 0.25) is 0 Å². The second kappa shape index (κ2) is 2.80. The smallest absolute Gasteiger partial charge is 0.128 e. The van der Waals surface area contributed by atoms with Crippen molar-refractivity contribution in [3.8, 4) is 0 Å². The number of hydrogen-bond donors (Lipinski definition) is 0. The Kier molecular flexibility index (Phi) is 2.28. The third-order valence-corrected chi connectivity index (χ3v) is 1.90. The molecule has 0 aromatic heterocycles. The number of carbonyl (C=O) groups excluding carboxylic acids is 1. The Hall–Kier alpha value is 0.400. The van der Waals surface area contributed by atoms with Crippen LogP contribution in [0.1, 0.15) is 0 Å². The Balaban J connectivity index is 2.41. The predicted molar refractivity (Wildman–Crippen MR) is 39.5 cm³/mol. The van der Waals surface area contributed by atoms with Crippen LogP contribution in [0.4, 0.5) is 0 Å². The molecule has 8 heavy (non-hydrogen) atoms. The lowest BCUT2D eigenvalue weighted by atomic mass is 10.1. The van der Waals surface area contributed by atoms with Crippen LogP contribution in [0, 0.1) is 29.1 Å². The average Bonchev–Trinajstić information content (AvgIpc) is 2.14. The fourth-order valence-corrected chi connectivity index (χ4v) is 1.02. The van der Waals surface area contributed by atoms with Crippen molar-refractivity contribution < 1.29 is 4.79 Å². The van der Waals surface area contributed by atoms with E-state index < -0.39 is 0 Å². The molecule has 0 spiro atoms. The van der Waals surface area contributed by atoms with Crippen LogP contribution in [0.15, 0.2) is 0 Å². The second-order valence-corrected chi connectivity index (χ2v) is 2.61. The first-order valence-corrected chi connectivity index (χ1v) is 3.29. The monoisotopic (exact) mass is 219 g/mol. The molecule has 0 saturated heterocycles. The highest BCUT2D eigenvalue weighted by molar-refractivity contribution is 14.1. The summed E-state index contributed by atoms with van der Waals surface area (Å²) in [5.74, 6) is 0.783. The summed E-state index contributed by atoms with van der Waals surface area (Å²) in [6.07, 6.45) is 6.44. The van der Waals surface area contributed by atoms with Crippen LogP contribution in [-0.2, 0) is 4.79 Å². The maximum Gasteiger partial charge on any atom is 0.128 e. The van der Waals surface area contributed by atoms with Crippen molar-refractivity contribution in [2.75, 3.05) is 0 Å². The van der Waals surface area contributed by atoms with Gasteiger partial charge in [0.25, 0.3) is 0 Å². The van der Waals surface area contributed by atoms with Gasteiger partial charge in [-0.1, -0.05) is 22.6 Å². The first-order chi connectivity index (χ1) is 3.84. The third-order valence-electron chi connectivity index (χ3n) is 0.921. The zero-order chi connectivity index (χ0) is 5.98. The van der Waals surface area contributed by atoms with E-state index in [1.165, 1.54) is 0 Å². The molecule has 0 aromatic carbocycles. The highest BCUT2D eigenvalue weighted by Gasteiger charge is 2.25. The van der Waals surface area contributed by atoms with Gasteiger partial charge in [-0.3, -0.25) is 0 Å². The Labute approximate surface area is 63.0 Å². The molecule has 0 atom stereocenters. The molecule has 0 unspecified atom stereocenters. The largest absolute Gasteiger partial charge is 0.303 e. The summed E-state index contributed by atoms with van der Waals surface area (Å²) in [6.45, 7) is 0. The topological polar surface area (TPSA) is 17.1 Å². The fraction of sp³-hybridized carbons (Fsp3) is 0. The third kappa shape index (κ3) is 1.21. The Bertz CT molecular complexity index is 92.5. The molecule has 2 heteroatoms. The van der Waals surface area contributed by atoms with Gasteiger partial charge in [0.2, 0.25) is 0 Å². The molecule has 0 bridgehead atoms. The molecular weight excluding hydrogens is 215 g/mol. The molecule has 5 radical (unpaired) electrons. The van der Waals surface area contributed by atoms with Crippen LogP contribution >= 0.6 is 22.6 Å². The molecule has 1 nitrogen and oxygen atoms in total. The molecule has 1 saturated carbocycles. The van der Waals surface area contributed by atoms with E-state index in [1.807, 2.05) is 12.8 Å². The molecule has 1 fully saturated rings. The van der Waals surface area contributed by atoms with E-state index in [4.69, 9.17) is 0 Å². The average molecular weight is 219 g/mol. The van der Waals surface area contributed by atoms with Crippen molar-refractivity contribution in [3.05, 3.63) is 29.1 Å². The molecule has 0 amide bonds. The van der Waals surface area contributed by atoms with Gasteiger partial charge in [-0.2, -0.15) is 0 Å². The molecular formula is C6H4IO. The van der Waals surface area contributed by atoms with E-state index in [0.717, 1.165) is 16.1 Å². The van der Waals surface area contributed by atoms with Crippen LogP contribution in [0.25, 0.3) is 0 Å². The van der Waals surface area contributed by atoms with Gasteiger partial charge in [0.1, 0.15) is 6.29 Å². The van der Waals surface area contributed by atoms with Gasteiger partial charge in [0, 0.05) is 0 Å². The van der Waals surface area contributed by atoms with Gasteiger partial charge in [-0.15, -0.1) is 0 Å². The molecule has 41 valence electrons. The Morgan fingerprint density at radius 1 is 1.50 bits per heavy atom. The molecule has 0 aromatic rings. The van der Waals surface area contributed by atoms with Crippen molar-refractivity contribution in [3.63, 3.8) is 0 Å². The van der Waals surface area contributed by atoms with Gasteiger partial charge >= 0.3 is 0 Å². The molecule has 1 aliphatic carbocycles. The van der Waals surface area contributed by atoms with Gasteiger partial charge in [-0.05, 0) is 19.3 Å². The van der Waals surface area contributed by atoms with Crippen LogP contribution in [0.5, 0.6) is 0 Å². The lowest BCUT2D eigenvalue weighted by molar-refractivity contribution is -0.105. The van der Waals surface area contributed by atoms with Crippen molar-refractivity contribution in [1.82, 2.24) is 0 Å². The lowest BCUT2D eigenvalue weighted by Crippen LogP contribution is -1.96.